The lowest BCUT2D eigenvalue weighted by Crippen LogP contribution is -1.97. The number of carbonyl (C=O) groups is 1. The number of allylic oxidation sites excluding steroid dienone is 2. The first-order valence-electron chi connectivity index (χ1n) is 7.44. The zero-order valence-corrected chi connectivity index (χ0v) is 13.6. The summed E-state index contributed by atoms with van der Waals surface area (Å²) < 4.78 is 0. The average Bonchev–Trinajstić information content (AvgIpc) is 2.49. The summed E-state index contributed by atoms with van der Waals surface area (Å²) in [4.78, 5) is 10.9. The third-order valence-electron chi connectivity index (χ3n) is 4.07. The largest absolute Gasteiger partial charge is 0.478 e. The number of hydrogen-bond donors (Lipinski definition) is 1. The van der Waals surface area contributed by atoms with Crippen LogP contribution >= 0.6 is 0 Å². The van der Waals surface area contributed by atoms with E-state index in [0.29, 0.717) is 5.56 Å². The molecular formula is C20H22O2. The molecule has 0 amide bonds. The summed E-state index contributed by atoms with van der Waals surface area (Å²) in [6.45, 7) is 8.55. The van der Waals surface area contributed by atoms with Gasteiger partial charge in [0.15, 0.2) is 0 Å². The summed E-state index contributed by atoms with van der Waals surface area (Å²) >= 11 is 0. The molecule has 0 fully saturated rings. The van der Waals surface area contributed by atoms with E-state index in [0.717, 1.165) is 12.0 Å². The molecule has 2 aromatic carbocycles. The normalized spacial score (nSPS) is 10.4. The molecule has 0 saturated heterocycles. The SMILES string of the molecule is CC(C)=C(C)c1cc(Cc2ccc(C(=O)O)cc2)ccc1C. The fourth-order valence-electron chi connectivity index (χ4n) is 2.45. The van der Waals surface area contributed by atoms with E-state index >= 15 is 0 Å². The molecule has 0 aliphatic heterocycles. The quantitative estimate of drug-likeness (QED) is 0.852. The first-order chi connectivity index (χ1) is 10.4. The van der Waals surface area contributed by atoms with Gasteiger partial charge < -0.3 is 5.11 Å². The van der Waals surface area contributed by atoms with Crippen molar-refractivity contribution in [2.24, 2.45) is 0 Å². The molecule has 0 atom stereocenters. The lowest BCUT2D eigenvalue weighted by molar-refractivity contribution is 0.0697. The molecule has 2 nitrogen and oxygen atoms in total. The lowest BCUT2D eigenvalue weighted by Gasteiger charge is -2.11. The second-order valence-electron chi connectivity index (χ2n) is 5.95. The number of benzene rings is 2. The predicted octanol–water partition coefficient (Wildman–Crippen LogP) is 5.10. The van der Waals surface area contributed by atoms with Gasteiger partial charge in [-0.15, -0.1) is 0 Å². The van der Waals surface area contributed by atoms with Crippen LogP contribution in [0.1, 0.15) is 53.4 Å². The van der Waals surface area contributed by atoms with Crippen LogP contribution in [0.5, 0.6) is 0 Å². The molecule has 0 heterocycles. The minimum atomic E-state index is -0.886. The van der Waals surface area contributed by atoms with Crippen molar-refractivity contribution in [2.75, 3.05) is 0 Å². The van der Waals surface area contributed by atoms with E-state index in [1.54, 1.807) is 12.1 Å². The Balaban J connectivity index is 2.29. The number of aromatic carboxylic acids is 1. The van der Waals surface area contributed by atoms with Gasteiger partial charge in [0.05, 0.1) is 5.56 Å². The van der Waals surface area contributed by atoms with Crippen molar-refractivity contribution in [2.45, 2.75) is 34.1 Å². The minimum absolute atomic E-state index is 0.328. The molecule has 2 aromatic rings. The van der Waals surface area contributed by atoms with E-state index in [4.69, 9.17) is 5.11 Å². The van der Waals surface area contributed by atoms with E-state index in [9.17, 15) is 4.79 Å². The molecule has 0 unspecified atom stereocenters. The maximum atomic E-state index is 10.9. The second kappa shape index (κ2) is 6.61. The van der Waals surface area contributed by atoms with Crippen LogP contribution in [-0.4, -0.2) is 11.1 Å². The first-order valence-corrected chi connectivity index (χ1v) is 7.44. The van der Waals surface area contributed by atoms with Gasteiger partial charge in [-0.3, -0.25) is 0 Å². The minimum Gasteiger partial charge on any atom is -0.478 e. The fraction of sp³-hybridized carbons (Fsp3) is 0.250. The second-order valence-corrected chi connectivity index (χ2v) is 5.95. The highest BCUT2D eigenvalue weighted by molar-refractivity contribution is 5.87. The molecule has 1 N–H and O–H groups in total. The van der Waals surface area contributed by atoms with Crippen molar-refractivity contribution in [1.29, 1.82) is 0 Å². The summed E-state index contributed by atoms with van der Waals surface area (Å²) in [7, 11) is 0. The molecule has 2 rings (SSSR count). The average molecular weight is 294 g/mol. The van der Waals surface area contributed by atoms with Crippen LogP contribution in [-0.2, 0) is 6.42 Å². The zero-order valence-electron chi connectivity index (χ0n) is 13.6. The van der Waals surface area contributed by atoms with Gasteiger partial charge in [0, 0.05) is 0 Å². The van der Waals surface area contributed by atoms with E-state index in [1.165, 1.54) is 27.8 Å². The summed E-state index contributed by atoms with van der Waals surface area (Å²) in [5, 5.41) is 8.94. The van der Waals surface area contributed by atoms with Crippen LogP contribution in [0, 0.1) is 6.92 Å². The third kappa shape index (κ3) is 3.64. The summed E-state index contributed by atoms with van der Waals surface area (Å²) in [6.07, 6.45) is 0.809. The molecular weight excluding hydrogens is 272 g/mol. The molecule has 0 spiro atoms. The number of carboxylic acid groups (broad SMARTS) is 1. The van der Waals surface area contributed by atoms with Gasteiger partial charge in [0.1, 0.15) is 0 Å². The molecule has 0 bridgehead atoms. The summed E-state index contributed by atoms with van der Waals surface area (Å²) in [6, 6.07) is 13.6. The smallest absolute Gasteiger partial charge is 0.335 e. The van der Waals surface area contributed by atoms with Crippen LogP contribution in [0.4, 0.5) is 0 Å². The van der Waals surface area contributed by atoms with Crippen molar-refractivity contribution in [1.82, 2.24) is 0 Å². The van der Waals surface area contributed by atoms with E-state index in [-0.39, 0.29) is 0 Å². The van der Waals surface area contributed by atoms with Crippen molar-refractivity contribution in [3.05, 3.63) is 75.9 Å². The Morgan fingerprint density at radius 1 is 0.955 bits per heavy atom. The Bertz CT molecular complexity index is 718. The summed E-state index contributed by atoms with van der Waals surface area (Å²) in [5.41, 5.74) is 7.91. The standard InChI is InChI=1S/C20H22O2/c1-13(2)15(4)19-12-17(6-5-14(19)3)11-16-7-9-18(10-8-16)20(21)22/h5-10,12H,11H2,1-4H3,(H,21,22). The molecule has 0 radical (unpaired) electrons. The number of rotatable bonds is 4. The zero-order chi connectivity index (χ0) is 16.3. The van der Waals surface area contributed by atoms with Crippen LogP contribution in [0.15, 0.2) is 48.0 Å². The van der Waals surface area contributed by atoms with Crippen molar-refractivity contribution >= 4 is 11.5 Å². The van der Waals surface area contributed by atoms with Gasteiger partial charge in [-0.1, -0.05) is 35.9 Å². The highest BCUT2D eigenvalue weighted by atomic mass is 16.4. The Kier molecular flexibility index (Phi) is 4.81. The van der Waals surface area contributed by atoms with Gasteiger partial charge in [-0.05, 0) is 74.1 Å². The van der Waals surface area contributed by atoms with Crippen molar-refractivity contribution in [3.8, 4) is 0 Å². The number of hydrogen-bond acceptors (Lipinski definition) is 1. The van der Waals surface area contributed by atoms with Gasteiger partial charge in [-0.2, -0.15) is 0 Å². The number of aryl methyl sites for hydroxylation is 1. The Morgan fingerprint density at radius 2 is 1.55 bits per heavy atom. The highest BCUT2D eigenvalue weighted by Crippen LogP contribution is 2.24. The predicted molar refractivity (Wildman–Crippen MR) is 91.3 cm³/mol. The molecule has 0 saturated carbocycles. The molecule has 114 valence electrons. The van der Waals surface area contributed by atoms with Gasteiger partial charge in [0.25, 0.3) is 0 Å². The highest BCUT2D eigenvalue weighted by Gasteiger charge is 2.06. The van der Waals surface area contributed by atoms with Crippen LogP contribution in [0.2, 0.25) is 0 Å². The van der Waals surface area contributed by atoms with Crippen LogP contribution in [0.25, 0.3) is 5.57 Å². The summed E-state index contributed by atoms with van der Waals surface area (Å²) in [5.74, 6) is -0.886. The van der Waals surface area contributed by atoms with Crippen molar-refractivity contribution < 1.29 is 9.90 Å². The van der Waals surface area contributed by atoms with E-state index < -0.39 is 5.97 Å². The molecule has 0 aliphatic rings. The topological polar surface area (TPSA) is 37.3 Å². The van der Waals surface area contributed by atoms with Gasteiger partial charge in [0.2, 0.25) is 0 Å². The van der Waals surface area contributed by atoms with Gasteiger partial charge >= 0.3 is 5.97 Å². The third-order valence-corrected chi connectivity index (χ3v) is 4.07. The first kappa shape index (κ1) is 16.0. The Hall–Kier alpha value is -2.35. The van der Waals surface area contributed by atoms with Gasteiger partial charge in [-0.25, -0.2) is 4.79 Å². The molecule has 0 aromatic heterocycles. The van der Waals surface area contributed by atoms with Crippen molar-refractivity contribution in [3.63, 3.8) is 0 Å². The Morgan fingerprint density at radius 3 is 2.09 bits per heavy atom. The van der Waals surface area contributed by atoms with E-state index in [1.807, 2.05) is 12.1 Å². The molecule has 2 heteroatoms. The maximum absolute atomic E-state index is 10.9. The molecule has 22 heavy (non-hydrogen) atoms. The van der Waals surface area contributed by atoms with Crippen LogP contribution in [0.3, 0.4) is 0 Å². The Labute approximate surface area is 132 Å². The molecule has 0 aliphatic carbocycles. The van der Waals surface area contributed by atoms with Crippen LogP contribution < -0.4 is 0 Å². The number of carboxylic acids is 1. The maximum Gasteiger partial charge on any atom is 0.335 e. The lowest BCUT2D eigenvalue weighted by atomic mass is 9.94. The monoisotopic (exact) mass is 294 g/mol. The van der Waals surface area contributed by atoms with E-state index in [2.05, 4.69) is 45.9 Å². The fourth-order valence-corrected chi connectivity index (χ4v) is 2.45.